The lowest BCUT2D eigenvalue weighted by Gasteiger charge is -2.26. The van der Waals surface area contributed by atoms with Gasteiger partial charge in [-0.15, -0.1) is 0 Å². The molecule has 0 saturated carbocycles. The van der Waals surface area contributed by atoms with E-state index < -0.39 is 6.10 Å². The van der Waals surface area contributed by atoms with Gasteiger partial charge in [0.25, 0.3) is 0 Å². The van der Waals surface area contributed by atoms with Crippen LogP contribution in [0.1, 0.15) is 31.4 Å². The van der Waals surface area contributed by atoms with Gasteiger partial charge in [-0.2, -0.15) is 0 Å². The molecule has 172 valence electrons. The molecule has 1 aromatic heterocycles. The van der Waals surface area contributed by atoms with E-state index in [1.54, 1.807) is 0 Å². The molecule has 6 nitrogen and oxygen atoms in total. The summed E-state index contributed by atoms with van der Waals surface area (Å²) in [5.41, 5.74) is 4.11. The summed E-state index contributed by atoms with van der Waals surface area (Å²) in [5.74, 6) is 0.758. The highest BCUT2D eigenvalue weighted by Gasteiger charge is 2.24. The predicted octanol–water partition coefficient (Wildman–Crippen LogP) is 4.59. The highest BCUT2D eigenvalue weighted by atomic mass is 16.5. The van der Waals surface area contributed by atoms with Crippen LogP contribution in [0.3, 0.4) is 0 Å². The SMILES string of the molecule is CCCN(Cc1c(-c2ccccc2)noc1N(C)Cc1ccccc1)CC(O)COCC. The molecule has 0 spiro atoms. The van der Waals surface area contributed by atoms with Crippen LogP contribution in [0.15, 0.2) is 65.2 Å². The zero-order chi connectivity index (χ0) is 22.8. The Hall–Kier alpha value is -2.67. The molecule has 0 amide bonds. The molecule has 0 aliphatic rings. The molecule has 0 fully saturated rings. The van der Waals surface area contributed by atoms with Crippen molar-refractivity contribution in [1.82, 2.24) is 10.1 Å². The van der Waals surface area contributed by atoms with E-state index in [9.17, 15) is 5.11 Å². The normalized spacial score (nSPS) is 12.3. The predicted molar refractivity (Wildman–Crippen MR) is 129 cm³/mol. The van der Waals surface area contributed by atoms with Gasteiger partial charge in [0.15, 0.2) is 0 Å². The third-order valence-corrected chi connectivity index (χ3v) is 5.33. The zero-order valence-electron chi connectivity index (χ0n) is 19.4. The van der Waals surface area contributed by atoms with Crippen LogP contribution >= 0.6 is 0 Å². The first-order valence-electron chi connectivity index (χ1n) is 11.4. The molecule has 2 aromatic carbocycles. The van der Waals surface area contributed by atoms with Crippen molar-refractivity contribution in [3.05, 3.63) is 71.8 Å². The number of aromatic nitrogens is 1. The van der Waals surface area contributed by atoms with Crippen LogP contribution in [-0.2, 0) is 17.8 Å². The van der Waals surface area contributed by atoms with Crippen LogP contribution in [0, 0.1) is 0 Å². The van der Waals surface area contributed by atoms with Gasteiger partial charge in [0, 0.05) is 38.9 Å². The van der Waals surface area contributed by atoms with Gasteiger partial charge in [0.1, 0.15) is 5.69 Å². The van der Waals surface area contributed by atoms with Crippen LogP contribution in [0.4, 0.5) is 5.88 Å². The van der Waals surface area contributed by atoms with Crippen molar-refractivity contribution in [2.24, 2.45) is 0 Å². The van der Waals surface area contributed by atoms with Crippen LogP contribution in [0.25, 0.3) is 11.3 Å². The molecule has 1 atom stereocenters. The molecule has 1 unspecified atom stereocenters. The molecular formula is C26H35N3O3. The first-order valence-corrected chi connectivity index (χ1v) is 11.4. The summed E-state index contributed by atoms with van der Waals surface area (Å²) in [5, 5.41) is 14.9. The Balaban J connectivity index is 1.88. The van der Waals surface area contributed by atoms with E-state index in [2.05, 4.69) is 46.1 Å². The number of aliphatic hydroxyl groups is 1. The Morgan fingerprint density at radius 2 is 1.69 bits per heavy atom. The molecule has 0 radical (unpaired) electrons. The lowest BCUT2D eigenvalue weighted by atomic mass is 10.1. The number of aliphatic hydroxyl groups excluding tert-OH is 1. The average Bonchev–Trinajstić information content (AvgIpc) is 3.22. The van der Waals surface area contributed by atoms with Gasteiger partial charge in [0.2, 0.25) is 5.88 Å². The second kappa shape index (κ2) is 12.4. The van der Waals surface area contributed by atoms with Crippen LogP contribution in [-0.4, -0.2) is 54.6 Å². The number of benzene rings is 2. The number of rotatable bonds is 13. The van der Waals surface area contributed by atoms with Gasteiger partial charge >= 0.3 is 0 Å². The summed E-state index contributed by atoms with van der Waals surface area (Å²) in [6.07, 6.45) is 0.453. The Morgan fingerprint density at radius 1 is 1.00 bits per heavy atom. The summed E-state index contributed by atoms with van der Waals surface area (Å²) in [4.78, 5) is 4.35. The fourth-order valence-corrected chi connectivity index (χ4v) is 3.87. The van der Waals surface area contributed by atoms with Gasteiger partial charge in [-0.1, -0.05) is 72.7 Å². The van der Waals surface area contributed by atoms with Crippen LogP contribution in [0.5, 0.6) is 0 Å². The van der Waals surface area contributed by atoms with E-state index in [-0.39, 0.29) is 0 Å². The highest BCUT2D eigenvalue weighted by Crippen LogP contribution is 2.32. The first kappa shape index (κ1) is 24.0. The van der Waals surface area contributed by atoms with Gasteiger partial charge in [0.05, 0.1) is 18.3 Å². The van der Waals surface area contributed by atoms with Crippen molar-refractivity contribution in [2.45, 2.75) is 39.5 Å². The third kappa shape index (κ3) is 6.66. The smallest absolute Gasteiger partial charge is 0.232 e. The monoisotopic (exact) mass is 437 g/mol. The zero-order valence-corrected chi connectivity index (χ0v) is 19.4. The lowest BCUT2D eigenvalue weighted by molar-refractivity contribution is 0.0196. The molecule has 3 aromatic rings. The van der Waals surface area contributed by atoms with Gasteiger partial charge in [-0.05, 0) is 25.5 Å². The Labute approximate surface area is 191 Å². The Kier molecular flexibility index (Phi) is 9.28. The number of hydrogen-bond donors (Lipinski definition) is 1. The fourth-order valence-electron chi connectivity index (χ4n) is 3.87. The molecule has 32 heavy (non-hydrogen) atoms. The Morgan fingerprint density at radius 3 is 2.34 bits per heavy atom. The average molecular weight is 438 g/mol. The molecular weight excluding hydrogens is 402 g/mol. The van der Waals surface area contributed by atoms with E-state index >= 15 is 0 Å². The van der Waals surface area contributed by atoms with E-state index in [0.29, 0.717) is 26.3 Å². The van der Waals surface area contributed by atoms with Crippen LogP contribution < -0.4 is 4.90 Å². The fraction of sp³-hybridized carbons (Fsp3) is 0.423. The minimum atomic E-state index is -0.535. The quantitative estimate of drug-likeness (QED) is 0.422. The maximum Gasteiger partial charge on any atom is 0.232 e. The minimum absolute atomic E-state index is 0.340. The topological polar surface area (TPSA) is 62.0 Å². The van der Waals surface area contributed by atoms with E-state index in [1.165, 1.54) is 5.56 Å². The molecule has 0 aliphatic heterocycles. The number of hydrogen-bond acceptors (Lipinski definition) is 6. The largest absolute Gasteiger partial charge is 0.389 e. The maximum atomic E-state index is 10.4. The van der Waals surface area contributed by atoms with Crippen molar-refractivity contribution >= 4 is 5.88 Å². The molecule has 0 saturated heterocycles. The second-order valence-corrected chi connectivity index (χ2v) is 8.07. The summed E-state index contributed by atoms with van der Waals surface area (Å²) < 4.78 is 11.3. The molecule has 0 bridgehead atoms. The first-order chi connectivity index (χ1) is 15.6. The number of nitrogens with zero attached hydrogens (tertiary/aromatic N) is 3. The van der Waals surface area contributed by atoms with Crippen molar-refractivity contribution in [1.29, 1.82) is 0 Å². The van der Waals surface area contributed by atoms with Crippen molar-refractivity contribution in [3.8, 4) is 11.3 Å². The van der Waals surface area contributed by atoms with Gasteiger partial charge < -0.3 is 19.3 Å². The maximum absolute atomic E-state index is 10.4. The van der Waals surface area contributed by atoms with Crippen LogP contribution in [0.2, 0.25) is 0 Å². The molecule has 1 heterocycles. The van der Waals surface area contributed by atoms with E-state index in [1.807, 2.05) is 50.4 Å². The summed E-state index contributed by atoms with van der Waals surface area (Å²) >= 11 is 0. The minimum Gasteiger partial charge on any atom is -0.389 e. The molecule has 1 N–H and O–H groups in total. The number of ether oxygens (including phenoxy) is 1. The van der Waals surface area contributed by atoms with E-state index in [0.717, 1.165) is 42.2 Å². The molecule has 6 heteroatoms. The van der Waals surface area contributed by atoms with Gasteiger partial charge in [-0.3, -0.25) is 4.90 Å². The highest BCUT2D eigenvalue weighted by molar-refractivity contribution is 5.68. The van der Waals surface area contributed by atoms with Crippen molar-refractivity contribution < 1.29 is 14.4 Å². The van der Waals surface area contributed by atoms with Crippen molar-refractivity contribution in [2.75, 3.05) is 38.3 Å². The Bertz CT molecular complexity index is 915. The van der Waals surface area contributed by atoms with Gasteiger partial charge in [-0.25, -0.2) is 0 Å². The molecule has 0 aliphatic carbocycles. The standard InChI is InChI=1S/C26H35N3O3/c1-4-16-29(18-23(30)20-31-5-2)19-24-25(22-14-10-7-11-15-22)27-32-26(24)28(3)17-21-12-8-6-9-13-21/h6-15,23,30H,4-5,16-20H2,1-3H3. The molecule has 3 rings (SSSR count). The third-order valence-electron chi connectivity index (χ3n) is 5.33. The van der Waals surface area contributed by atoms with Crippen molar-refractivity contribution in [3.63, 3.8) is 0 Å². The summed E-state index contributed by atoms with van der Waals surface area (Å²) in [6.45, 7) is 7.79. The second-order valence-electron chi connectivity index (χ2n) is 8.07. The summed E-state index contributed by atoms with van der Waals surface area (Å²) in [7, 11) is 2.03. The lowest BCUT2D eigenvalue weighted by Crippen LogP contribution is -2.35. The summed E-state index contributed by atoms with van der Waals surface area (Å²) in [6, 6.07) is 20.5. The number of anilines is 1. The van der Waals surface area contributed by atoms with E-state index in [4.69, 9.17) is 9.26 Å².